The van der Waals surface area contributed by atoms with Crippen LogP contribution in [0.3, 0.4) is 0 Å². The van der Waals surface area contributed by atoms with Crippen LogP contribution in [0.25, 0.3) is 0 Å². The van der Waals surface area contributed by atoms with E-state index < -0.39 is 4.92 Å². The average molecular weight is 261 g/mol. The lowest BCUT2D eigenvalue weighted by molar-refractivity contribution is -0.384. The molecule has 3 rings (SSSR count). The van der Waals surface area contributed by atoms with Crippen molar-refractivity contribution in [3.8, 4) is 0 Å². The standard InChI is InChI=1S/C13H15N3O3/c1-13(2-3-13)7-14-10-6-9-8(5-12(17)15-9)4-11(10)16(18)19/h4,6,14H,2-3,5,7H2,1H3,(H,15,17). The Morgan fingerprint density at radius 2 is 2.21 bits per heavy atom. The Kier molecular flexibility index (Phi) is 2.48. The molecule has 1 aliphatic carbocycles. The molecule has 0 unspecified atom stereocenters. The molecule has 1 heterocycles. The van der Waals surface area contributed by atoms with Crippen molar-refractivity contribution in [1.29, 1.82) is 0 Å². The largest absolute Gasteiger partial charge is 0.379 e. The highest BCUT2D eigenvalue weighted by atomic mass is 16.6. The van der Waals surface area contributed by atoms with E-state index in [0.29, 0.717) is 16.9 Å². The summed E-state index contributed by atoms with van der Waals surface area (Å²) in [6, 6.07) is 3.16. The highest BCUT2D eigenvalue weighted by molar-refractivity contribution is 6.00. The maximum atomic E-state index is 11.3. The van der Waals surface area contributed by atoms with Gasteiger partial charge in [-0.05, 0) is 29.9 Å². The molecule has 0 spiro atoms. The number of hydrogen-bond donors (Lipinski definition) is 2. The highest BCUT2D eigenvalue weighted by Gasteiger charge is 2.37. The minimum Gasteiger partial charge on any atom is -0.379 e. The molecule has 0 atom stereocenters. The predicted molar refractivity (Wildman–Crippen MR) is 71.3 cm³/mol. The first-order valence-electron chi connectivity index (χ1n) is 6.32. The van der Waals surface area contributed by atoms with Gasteiger partial charge in [-0.2, -0.15) is 0 Å². The smallest absolute Gasteiger partial charge is 0.292 e. The van der Waals surface area contributed by atoms with E-state index in [1.54, 1.807) is 6.07 Å². The number of anilines is 2. The third-order valence-electron chi connectivity index (χ3n) is 3.85. The zero-order valence-electron chi connectivity index (χ0n) is 10.7. The third-order valence-corrected chi connectivity index (χ3v) is 3.85. The number of rotatable bonds is 4. The molecule has 2 N–H and O–H groups in total. The number of carbonyl (C=O) groups excluding carboxylic acids is 1. The van der Waals surface area contributed by atoms with Gasteiger partial charge in [-0.25, -0.2) is 0 Å². The van der Waals surface area contributed by atoms with E-state index in [4.69, 9.17) is 0 Å². The number of fused-ring (bicyclic) bond motifs is 1. The van der Waals surface area contributed by atoms with Crippen LogP contribution in [0.4, 0.5) is 17.1 Å². The molecular formula is C13H15N3O3. The number of carbonyl (C=O) groups is 1. The Morgan fingerprint density at radius 1 is 1.47 bits per heavy atom. The number of benzene rings is 1. The summed E-state index contributed by atoms with van der Waals surface area (Å²) in [6.45, 7) is 2.88. The Hall–Kier alpha value is -2.11. The van der Waals surface area contributed by atoms with Crippen molar-refractivity contribution in [2.24, 2.45) is 5.41 Å². The van der Waals surface area contributed by atoms with Crippen LogP contribution in [0.2, 0.25) is 0 Å². The molecule has 6 nitrogen and oxygen atoms in total. The van der Waals surface area contributed by atoms with Crippen molar-refractivity contribution in [2.45, 2.75) is 26.2 Å². The normalized spacial score (nSPS) is 18.7. The zero-order chi connectivity index (χ0) is 13.6. The summed E-state index contributed by atoms with van der Waals surface area (Å²) >= 11 is 0. The van der Waals surface area contributed by atoms with Crippen LogP contribution in [0.15, 0.2) is 12.1 Å². The van der Waals surface area contributed by atoms with Crippen molar-refractivity contribution in [3.05, 3.63) is 27.8 Å². The van der Waals surface area contributed by atoms with Crippen LogP contribution in [0.5, 0.6) is 0 Å². The molecule has 1 aromatic rings. The molecule has 0 bridgehead atoms. The quantitative estimate of drug-likeness (QED) is 0.643. The fourth-order valence-corrected chi connectivity index (χ4v) is 2.25. The van der Waals surface area contributed by atoms with Crippen molar-refractivity contribution in [1.82, 2.24) is 0 Å². The first kappa shape index (κ1) is 12.0. The van der Waals surface area contributed by atoms with Crippen molar-refractivity contribution in [2.75, 3.05) is 17.2 Å². The van der Waals surface area contributed by atoms with Crippen LogP contribution in [0.1, 0.15) is 25.3 Å². The number of nitro benzene ring substituents is 1. The number of amides is 1. The zero-order valence-corrected chi connectivity index (χ0v) is 10.7. The Balaban J connectivity index is 1.90. The van der Waals surface area contributed by atoms with Crippen molar-refractivity contribution in [3.63, 3.8) is 0 Å². The number of hydrogen-bond acceptors (Lipinski definition) is 4. The monoisotopic (exact) mass is 261 g/mol. The Bertz CT molecular complexity index is 579. The summed E-state index contributed by atoms with van der Waals surface area (Å²) in [5.74, 6) is -0.115. The van der Waals surface area contributed by atoms with E-state index in [1.807, 2.05) is 0 Å². The van der Waals surface area contributed by atoms with E-state index in [9.17, 15) is 14.9 Å². The second-order valence-corrected chi connectivity index (χ2v) is 5.67. The highest BCUT2D eigenvalue weighted by Crippen LogP contribution is 2.45. The molecule has 19 heavy (non-hydrogen) atoms. The Labute approximate surface area is 110 Å². The molecule has 1 saturated carbocycles. The van der Waals surface area contributed by atoms with Crippen LogP contribution in [-0.4, -0.2) is 17.4 Å². The molecule has 1 amide bonds. The predicted octanol–water partition coefficient (Wildman–Crippen LogP) is 2.30. The van der Waals surface area contributed by atoms with Gasteiger partial charge in [-0.15, -0.1) is 0 Å². The molecule has 0 saturated heterocycles. The van der Waals surface area contributed by atoms with E-state index in [0.717, 1.165) is 19.4 Å². The lowest BCUT2D eigenvalue weighted by Gasteiger charge is -2.12. The second-order valence-electron chi connectivity index (χ2n) is 5.67. The number of nitrogens with one attached hydrogen (secondary N) is 2. The molecule has 2 aliphatic rings. The lowest BCUT2D eigenvalue weighted by Crippen LogP contribution is -2.13. The summed E-state index contributed by atoms with van der Waals surface area (Å²) in [7, 11) is 0. The number of nitrogens with zero attached hydrogens (tertiary/aromatic N) is 1. The molecule has 6 heteroatoms. The minimum absolute atomic E-state index is 0.0412. The van der Waals surface area contributed by atoms with Gasteiger partial charge in [0.15, 0.2) is 0 Å². The van der Waals surface area contributed by atoms with Crippen molar-refractivity contribution >= 4 is 23.0 Å². The van der Waals surface area contributed by atoms with E-state index in [1.165, 1.54) is 6.07 Å². The van der Waals surface area contributed by atoms with E-state index in [2.05, 4.69) is 17.6 Å². The molecule has 0 radical (unpaired) electrons. The summed E-state index contributed by atoms with van der Waals surface area (Å²) in [4.78, 5) is 22.0. The molecule has 0 aromatic heterocycles. The van der Waals surface area contributed by atoms with Gasteiger partial charge < -0.3 is 10.6 Å². The first-order chi connectivity index (χ1) is 8.97. The van der Waals surface area contributed by atoms with E-state index in [-0.39, 0.29) is 23.4 Å². The summed E-state index contributed by atoms with van der Waals surface area (Å²) in [5, 5.41) is 17.0. The van der Waals surface area contributed by atoms with Gasteiger partial charge in [0.25, 0.3) is 5.69 Å². The van der Waals surface area contributed by atoms with Gasteiger partial charge >= 0.3 is 0 Å². The fourth-order valence-electron chi connectivity index (χ4n) is 2.25. The SMILES string of the molecule is CC1(CNc2cc3c(cc2[N+](=O)[O-])CC(=O)N3)CC1. The topological polar surface area (TPSA) is 84.3 Å². The Morgan fingerprint density at radius 3 is 2.84 bits per heavy atom. The maximum Gasteiger partial charge on any atom is 0.292 e. The molecule has 1 fully saturated rings. The summed E-state index contributed by atoms with van der Waals surface area (Å²) in [6.07, 6.45) is 2.51. The van der Waals surface area contributed by atoms with Crippen LogP contribution < -0.4 is 10.6 Å². The van der Waals surface area contributed by atoms with E-state index >= 15 is 0 Å². The van der Waals surface area contributed by atoms with Gasteiger partial charge in [-0.1, -0.05) is 6.92 Å². The van der Waals surface area contributed by atoms with Crippen LogP contribution in [0, 0.1) is 15.5 Å². The van der Waals surface area contributed by atoms with Crippen LogP contribution in [-0.2, 0) is 11.2 Å². The van der Waals surface area contributed by atoms with Crippen molar-refractivity contribution < 1.29 is 9.72 Å². The third kappa shape index (κ3) is 2.25. The summed E-state index contributed by atoms with van der Waals surface area (Å²) < 4.78 is 0. The van der Waals surface area contributed by atoms with Gasteiger partial charge in [0.1, 0.15) is 5.69 Å². The van der Waals surface area contributed by atoms with Gasteiger partial charge in [0, 0.05) is 18.3 Å². The minimum atomic E-state index is -0.402. The van der Waals surface area contributed by atoms with Crippen LogP contribution >= 0.6 is 0 Å². The molecule has 1 aromatic carbocycles. The molecule has 100 valence electrons. The van der Waals surface area contributed by atoms with Gasteiger partial charge in [0.05, 0.1) is 11.3 Å². The average Bonchev–Trinajstić information content (AvgIpc) is 2.96. The maximum absolute atomic E-state index is 11.3. The first-order valence-corrected chi connectivity index (χ1v) is 6.32. The molecule has 1 aliphatic heterocycles. The number of nitro groups is 1. The fraction of sp³-hybridized carbons (Fsp3) is 0.462. The lowest BCUT2D eigenvalue weighted by atomic mass is 10.1. The second kappa shape index (κ2) is 3.94. The molecular weight excluding hydrogens is 246 g/mol. The van der Waals surface area contributed by atoms with Gasteiger partial charge in [0.2, 0.25) is 5.91 Å². The summed E-state index contributed by atoms with van der Waals surface area (Å²) in [5.41, 5.74) is 2.16. The van der Waals surface area contributed by atoms with Gasteiger partial charge in [-0.3, -0.25) is 14.9 Å².